The van der Waals surface area contributed by atoms with Gasteiger partial charge >= 0.3 is 12.1 Å². The molecule has 26 heavy (non-hydrogen) atoms. The lowest BCUT2D eigenvalue weighted by atomic mass is 9.93. The van der Waals surface area contributed by atoms with Crippen molar-refractivity contribution in [3.8, 4) is 0 Å². The molecule has 0 spiro atoms. The van der Waals surface area contributed by atoms with Gasteiger partial charge in [0.2, 0.25) is 6.17 Å². The summed E-state index contributed by atoms with van der Waals surface area (Å²) in [7, 11) is 0. The number of rotatable bonds is 6. The van der Waals surface area contributed by atoms with Gasteiger partial charge in [-0.25, -0.2) is 14.0 Å². The Morgan fingerprint density at radius 1 is 1.35 bits per heavy atom. The Morgan fingerprint density at radius 3 is 2.73 bits per heavy atom. The SMILES string of the molecule is NCc1ccc(N2CC(CN3CCCC(C(F)C(=O)O)C3)OC2=O)cc1. The number of benzene rings is 1. The van der Waals surface area contributed by atoms with Crippen LogP contribution in [0.2, 0.25) is 0 Å². The number of ether oxygens (including phenoxy) is 1. The highest BCUT2D eigenvalue weighted by Crippen LogP contribution is 2.25. The minimum absolute atomic E-state index is 0.321. The molecule has 1 amide bonds. The number of cyclic esters (lactones) is 1. The molecule has 142 valence electrons. The van der Waals surface area contributed by atoms with Crippen molar-refractivity contribution in [2.45, 2.75) is 31.7 Å². The van der Waals surface area contributed by atoms with E-state index in [1.165, 1.54) is 0 Å². The van der Waals surface area contributed by atoms with Crippen molar-refractivity contribution in [3.63, 3.8) is 0 Å². The average molecular weight is 365 g/mol. The zero-order valence-electron chi connectivity index (χ0n) is 14.5. The number of aliphatic carboxylic acids is 1. The van der Waals surface area contributed by atoms with E-state index < -0.39 is 24.2 Å². The Labute approximate surface area is 151 Å². The summed E-state index contributed by atoms with van der Waals surface area (Å²) in [6, 6.07) is 7.42. The summed E-state index contributed by atoms with van der Waals surface area (Å²) >= 11 is 0. The first-order valence-corrected chi connectivity index (χ1v) is 8.84. The minimum atomic E-state index is -1.85. The van der Waals surface area contributed by atoms with E-state index in [4.69, 9.17) is 15.6 Å². The lowest BCUT2D eigenvalue weighted by molar-refractivity contribution is -0.145. The molecule has 3 N–H and O–H groups in total. The van der Waals surface area contributed by atoms with Crippen LogP contribution >= 0.6 is 0 Å². The molecule has 2 saturated heterocycles. The average Bonchev–Trinajstić information content (AvgIpc) is 3.01. The molecule has 1 aromatic rings. The number of carbonyl (C=O) groups is 2. The van der Waals surface area contributed by atoms with Gasteiger partial charge < -0.3 is 15.6 Å². The maximum Gasteiger partial charge on any atom is 0.414 e. The molecule has 0 radical (unpaired) electrons. The summed E-state index contributed by atoms with van der Waals surface area (Å²) in [6.45, 7) is 2.45. The molecule has 8 heteroatoms. The van der Waals surface area contributed by atoms with Gasteiger partial charge in [0, 0.05) is 31.2 Å². The van der Waals surface area contributed by atoms with Gasteiger partial charge in [0.05, 0.1) is 6.54 Å². The first-order chi connectivity index (χ1) is 12.5. The Morgan fingerprint density at radius 2 is 2.08 bits per heavy atom. The third-order valence-electron chi connectivity index (χ3n) is 5.01. The van der Waals surface area contributed by atoms with Gasteiger partial charge in [0.25, 0.3) is 0 Å². The summed E-state index contributed by atoms with van der Waals surface area (Å²) in [6.07, 6.45) is -1.27. The third kappa shape index (κ3) is 4.13. The van der Waals surface area contributed by atoms with Crippen LogP contribution in [0, 0.1) is 5.92 Å². The minimum Gasteiger partial charge on any atom is -0.479 e. The molecule has 3 rings (SSSR count). The number of anilines is 1. The van der Waals surface area contributed by atoms with Crippen LogP contribution in [-0.4, -0.2) is 60.5 Å². The van der Waals surface area contributed by atoms with E-state index in [-0.39, 0.29) is 6.10 Å². The summed E-state index contributed by atoms with van der Waals surface area (Å²) < 4.78 is 19.2. The van der Waals surface area contributed by atoms with Gasteiger partial charge in [0.15, 0.2) is 0 Å². The number of alkyl halides is 1. The molecule has 1 aromatic carbocycles. The normalized spacial score (nSPS) is 25.2. The quantitative estimate of drug-likeness (QED) is 0.795. The Hall–Kier alpha value is -2.19. The number of nitrogens with zero attached hydrogens (tertiary/aromatic N) is 2. The highest BCUT2D eigenvalue weighted by molar-refractivity contribution is 5.89. The molecule has 0 aliphatic carbocycles. The molecule has 0 bridgehead atoms. The Balaban J connectivity index is 1.57. The fourth-order valence-corrected chi connectivity index (χ4v) is 3.63. The van der Waals surface area contributed by atoms with Crippen molar-refractivity contribution in [2.24, 2.45) is 11.7 Å². The van der Waals surface area contributed by atoms with Crippen molar-refractivity contribution >= 4 is 17.7 Å². The first-order valence-electron chi connectivity index (χ1n) is 8.84. The molecule has 7 nitrogen and oxygen atoms in total. The molecule has 2 fully saturated rings. The van der Waals surface area contributed by atoms with Crippen molar-refractivity contribution in [1.29, 1.82) is 0 Å². The smallest absolute Gasteiger partial charge is 0.414 e. The molecule has 2 aliphatic rings. The van der Waals surface area contributed by atoms with Crippen molar-refractivity contribution in [3.05, 3.63) is 29.8 Å². The maximum atomic E-state index is 13.8. The third-order valence-corrected chi connectivity index (χ3v) is 5.01. The van der Waals surface area contributed by atoms with E-state index in [9.17, 15) is 14.0 Å². The van der Waals surface area contributed by atoms with E-state index in [0.29, 0.717) is 32.6 Å². The summed E-state index contributed by atoms with van der Waals surface area (Å²) in [5.41, 5.74) is 7.32. The van der Waals surface area contributed by atoms with Gasteiger partial charge in [-0.05, 0) is 37.1 Å². The van der Waals surface area contributed by atoms with Gasteiger partial charge in [-0.3, -0.25) is 9.80 Å². The first kappa shape index (κ1) is 18.6. The predicted octanol–water partition coefficient (Wildman–Crippen LogP) is 1.61. The van der Waals surface area contributed by atoms with E-state index in [0.717, 1.165) is 24.2 Å². The van der Waals surface area contributed by atoms with Crippen LogP contribution in [0.3, 0.4) is 0 Å². The fourth-order valence-electron chi connectivity index (χ4n) is 3.63. The van der Waals surface area contributed by atoms with Crippen LogP contribution < -0.4 is 10.6 Å². The lowest BCUT2D eigenvalue weighted by Crippen LogP contribution is -2.45. The molecular weight excluding hydrogens is 341 g/mol. The molecule has 3 unspecified atom stereocenters. The van der Waals surface area contributed by atoms with E-state index >= 15 is 0 Å². The largest absolute Gasteiger partial charge is 0.479 e. The lowest BCUT2D eigenvalue weighted by Gasteiger charge is -2.34. The maximum absolute atomic E-state index is 13.8. The van der Waals surface area contributed by atoms with Gasteiger partial charge in [-0.2, -0.15) is 0 Å². The predicted molar refractivity (Wildman–Crippen MR) is 93.6 cm³/mol. The molecule has 2 aliphatic heterocycles. The number of hydrogen-bond acceptors (Lipinski definition) is 5. The van der Waals surface area contributed by atoms with Crippen LogP contribution in [0.15, 0.2) is 24.3 Å². The van der Waals surface area contributed by atoms with Crippen LogP contribution in [-0.2, 0) is 16.1 Å². The van der Waals surface area contributed by atoms with Crippen LogP contribution in [0.5, 0.6) is 0 Å². The number of carbonyl (C=O) groups excluding carboxylic acids is 1. The second kappa shape index (κ2) is 8.01. The highest BCUT2D eigenvalue weighted by Gasteiger charge is 2.36. The van der Waals surface area contributed by atoms with Crippen LogP contribution in [0.4, 0.5) is 14.9 Å². The monoisotopic (exact) mass is 365 g/mol. The van der Waals surface area contributed by atoms with E-state index in [1.807, 2.05) is 29.2 Å². The number of nitrogens with two attached hydrogens (primary N) is 1. The number of carboxylic acids is 1. The second-order valence-electron chi connectivity index (χ2n) is 6.89. The fraction of sp³-hybridized carbons (Fsp3) is 0.556. The zero-order valence-corrected chi connectivity index (χ0v) is 14.5. The summed E-state index contributed by atoms with van der Waals surface area (Å²) in [5.74, 6) is -1.92. The van der Waals surface area contributed by atoms with E-state index in [1.54, 1.807) is 4.90 Å². The Bertz CT molecular complexity index is 654. The number of amides is 1. The molecule has 3 atom stereocenters. The van der Waals surface area contributed by atoms with Gasteiger partial charge in [-0.15, -0.1) is 0 Å². The van der Waals surface area contributed by atoms with Crippen molar-refractivity contribution in [2.75, 3.05) is 31.1 Å². The number of carboxylic acid groups (broad SMARTS) is 1. The van der Waals surface area contributed by atoms with Crippen LogP contribution in [0.1, 0.15) is 18.4 Å². The van der Waals surface area contributed by atoms with Crippen molar-refractivity contribution < 1.29 is 23.8 Å². The van der Waals surface area contributed by atoms with E-state index in [2.05, 4.69) is 0 Å². The molecule has 0 saturated carbocycles. The van der Waals surface area contributed by atoms with Crippen molar-refractivity contribution in [1.82, 2.24) is 4.90 Å². The number of likely N-dealkylation sites (tertiary alicyclic amines) is 1. The van der Waals surface area contributed by atoms with Gasteiger partial charge in [0.1, 0.15) is 6.10 Å². The number of piperidine rings is 1. The summed E-state index contributed by atoms with van der Waals surface area (Å²) in [5, 5.41) is 8.86. The molecule has 2 heterocycles. The highest BCUT2D eigenvalue weighted by atomic mass is 19.1. The summed E-state index contributed by atoms with van der Waals surface area (Å²) in [4.78, 5) is 26.6. The zero-order chi connectivity index (χ0) is 18.7. The standard InChI is InChI=1S/C18H24FN3O4/c19-16(17(23)24)13-2-1-7-21(9-13)10-15-11-22(18(25)26-15)14-5-3-12(8-20)4-6-14/h3-6,13,15-16H,1-2,7-11,20H2,(H,23,24). The van der Waals surface area contributed by atoms with Gasteiger partial charge in [-0.1, -0.05) is 12.1 Å². The topological polar surface area (TPSA) is 96.1 Å². The second-order valence-corrected chi connectivity index (χ2v) is 6.89. The molecule has 0 aromatic heterocycles. The number of hydrogen-bond donors (Lipinski definition) is 2. The van der Waals surface area contributed by atoms with Crippen LogP contribution in [0.25, 0.3) is 0 Å². The number of halogens is 1. The molecular formula is C18H24FN3O4. The Kier molecular flexibility index (Phi) is 5.73.